The second-order valence-corrected chi connectivity index (χ2v) is 33.4. The first-order chi connectivity index (χ1) is 59.9. The molecule has 0 saturated heterocycles. The van der Waals surface area contributed by atoms with Crippen molar-refractivity contribution < 1.29 is 18.6 Å². The summed E-state index contributed by atoms with van der Waals surface area (Å²) in [6.45, 7) is 11.9. The van der Waals surface area contributed by atoms with Crippen molar-refractivity contribution in [3.63, 3.8) is 0 Å². The van der Waals surface area contributed by atoms with Gasteiger partial charge in [-0.1, -0.05) is 135 Å². The Morgan fingerprint density at radius 3 is 1.30 bits per heavy atom. The fourth-order valence-corrected chi connectivity index (χ4v) is 18.3. The highest BCUT2D eigenvalue weighted by molar-refractivity contribution is 5.90. The Morgan fingerprint density at radius 2 is 0.823 bits per heavy atom. The molecule has 18 nitrogen and oxygen atoms in total. The van der Waals surface area contributed by atoms with Crippen molar-refractivity contribution >= 4 is 43.6 Å². The lowest BCUT2D eigenvalue weighted by atomic mass is 10.1. The molecule has 16 aromatic rings. The molecule has 11 heterocycles. The number of aromatic amines is 1. The van der Waals surface area contributed by atoms with Gasteiger partial charge in [0.25, 0.3) is 22.2 Å². The summed E-state index contributed by atoms with van der Waals surface area (Å²) in [5.74, 6) is 1.23. The number of fused-ring (bicyclic) bond motifs is 12. The summed E-state index contributed by atoms with van der Waals surface area (Å²) in [6.07, 6.45) is 24.8. The summed E-state index contributed by atoms with van der Waals surface area (Å²) in [5, 5.41) is 5.21. The van der Waals surface area contributed by atoms with Crippen molar-refractivity contribution in [3.05, 3.63) is 364 Å². The monoisotopic (exact) mass is 1660 g/mol. The van der Waals surface area contributed by atoms with Crippen molar-refractivity contribution in [2.45, 2.75) is 144 Å². The predicted octanol–water partition coefficient (Wildman–Crippen LogP) is 19.6. The van der Waals surface area contributed by atoms with E-state index in [9.17, 15) is 23.6 Å². The number of halogens is 1. The van der Waals surface area contributed by atoms with Crippen LogP contribution in [0.3, 0.4) is 0 Å². The van der Waals surface area contributed by atoms with Gasteiger partial charge in [0, 0.05) is 165 Å². The Kier molecular flexibility index (Phi) is 25.7. The smallest absolute Gasteiger partial charge is 0.258 e. The number of aryl methyl sites for hydroxylation is 6. The molecule has 9 aromatic heterocycles. The highest BCUT2D eigenvalue weighted by Gasteiger charge is 2.25. The third kappa shape index (κ3) is 18.5. The molecule has 0 spiro atoms. The molecule has 0 atom stereocenters. The molecular formula is C105H110FN11O7. The van der Waals surface area contributed by atoms with Gasteiger partial charge in [-0.2, -0.15) is 0 Å². The van der Waals surface area contributed by atoms with E-state index in [1.54, 1.807) is 67.2 Å². The lowest BCUT2D eigenvalue weighted by molar-refractivity contribution is 0.232. The molecule has 0 unspecified atom stereocenters. The van der Waals surface area contributed by atoms with Gasteiger partial charge >= 0.3 is 0 Å². The van der Waals surface area contributed by atoms with Gasteiger partial charge in [0.1, 0.15) is 42.9 Å². The van der Waals surface area contributed by atoms with Crippen LogP contribution >= 0.6 is 0 Å². The molecule has 0 bridgehead atoms. The predicted molar refractivity (Wildman–Crippen MR) is 498 cm³/mol. The van der Waals surface area contributed by atoms with E-state index in [1.807, 2.05) is 103 Å². The molecule has 1 N–H and O–H groups in total. The van der Waals surface area contributed by atoms with E-state index in [4.69, 9.17) is 14.2 Å². The van der Waals surface area contributed by atoms with Crippen LogP contribution in [0.5, 0.6) is 17.2 Å². The van der Waals surface area contributed by atoms with Gasteiger partial charge in [0.15, 0.2) is 0 Å². The number of pyridine rings is 5. The van der Waals surface area contributed by atoms with Gasteiger partial charge in [0.2, 0.25) is 0 Å². The molecule has 2 aliphatic carbocycles. The molecule has 20 rings (SSSR count). The van der Waals surface area contributed by atoms with Gasteiger partial charge in [-0.3, -0.25) is 42.4 Å². The second kappa shape index (κ2) is 37.7. The number of aromatic nitrogens is 9. The zero-order chi connectivity index (χ0) is 84.8. The summed E-state index contributed by atoms with van der Waals surface area (Å²) in [4.78, 5) is 63.8. The van der Waals surface area contributed by atoms with Crippen molar-refractivity contribution in [2.75, 3.05) is 33.2 Å². The average molecular weight is 1660 g/mol. The van der Waals surface area contributed by atoms with E-state index in [2.05, 4.69) is 161 Å². The minimum Gasteiger partial charge on any atom is -0.489 e. The third-order valence-corrected chi connectivity index (χ3v) is 25.2. The molecule has 2 aliphatic heterocycles. The zero-order valence-corrected chi connectivity index (χ0v) is 71.3. The highest BCUT2D eigenvalue weighted by atomic mass is 19.1. The Hall–Kier alpha value is -13.1. The number of benzene rings is 7. The number of rotatable bonds is 15. The Bertz CT molecular complexity index is 6770. The summed E-state index contributed by atoms with van der Waals surface area (Å²) < 4.78 is 43.9. The molecule has 7 aromatic carbocycles. The van der Waals surface area contributed by atoms with E-state index in [-0.39, 0.29) is 36.3 Å². The highest BCUT2D eigenvalue weighted by Crippen LogP contribution is 2.36. The second-order valence-electron chi connectivity index (χ2n) is 33.4. The molecule has 4 aliphatic rings. The first-order valence-electron chi connectivity index (χ1n) is 43.3. The van der Waals surface area contributed by atoms with Crippen LogP contribution in [0, 0.1) is 12.7 Å². The minimum atomic E-state index is -0.394. The quantitative estimate of drug-likeness (QED) is 0.0976. The van der Waals surface area contributed by atoms with Crippen molar-refractivity contribution in [3.8, 4) is 51.1 Å². The Balaban J connectivity index is 0.000000122. The fraction of sp³-hybridized carbons (Fsp3) is 0.286. The van der Waals surface area contributed by atoms with Crippen molar-refractivity contribution in [2.24, 2.45) is 21.1 Å². The first-order valence-corrected chi connectivity index (χ1v) is 43.3. The lowest BCUT2D eigenvalue weighted by Gasteiger charge is -2.24. The Morgan fingerprint density at radius 1 is 0.395 bits per heavy atom. The van der Waals surface area contributed by atoms with Crippen LogP contribution in [0.15, 0.2) is 269 Å². The van der Waals surface area contributed by atoms with Gasteiger partial charge in [-0.25, -0.2) is 4.39 Å². The van der Waals surface area contributed by atoms with Gasteiger partial charge in [-0.05, 0) is 221 Å². The van der Waals surface area contributed by atoms with E-state index in [0.717, 1.165) is 134 Å². The minimum absolute atomic E-state index is 0. The number of nitrogens with zero attached hydrogens (tertiary/aromatic N) is 10. The number of nitrogens with one attached hydrogen (secondary N) is 1. The van der Waals surface area contributed by atoms with Crippen LogP contribution in [-0.4, -0.2) is 91.0 Å². The molecule has 124 heavy (non-hydrogen) atoms. The SMILES string of the molecule is C.CC(C)N1CCc2[nH]c3cc(-n4ccc(OCc5ccc(F)cn5)cc4=O)ccc3c2CC1.CN1CCc2c(n(C)c3cc(-n4ccc(OCc5ccccc5)cc4=O)ccc23)CC1.Cc1ccc(-c2ccn(-c3ccc4c5c(n(C)c4c3)CCCCC5)c(=O)c2)cc1.Cn1c2c(c3ccc(-n4ccc(OCc5ccccc5)cc4=O)cc31)CCCCC2. The summed E-state index contributed by atoms with van der Waals surface area (Å²) in [6, 6.07) is 70.8. The molecule has 634 valence electrons. The molecule has 19 heteroatoms. The van der Waals surface area contributed by atoms with Crippen LogP contribution in [0.1, 0.15) is 127 Å². The van der Waals surface area contributed by atoms with Crippen LogP contribution in [0.4, 0.5) is 4.39 Å². The standard InChI is InChI=1S/C26H27FN4O2.C26H27N3O2.C26H26N2O2.C26H26N2O.CH4/c1-17(2)30-10-8-23-22-6-5-20(13-25(22)29-24(23)9-11-30)31-12-7-21(14-26(31)32)33-16-19-4-3-18(27)15-28-19;1-27-13-11-23-22-9-8-20(16-25(22)28(2)24(23)12-14-27)29-15-10-21(17-26(29)30)31-18-19-6-4-3-5-7-19;1-27-24-11-7-3-6-10-22(24)23-13-12-20(16-25(23)27)28-15-14-21(17-26(28)29)30-18-19-8-4-2-5-9-19;1-18-8-10-19(11-9-18)20-14-15-28(26(29)16-20)21-12-13-23-22-6-4-3-5-7-24(22)27(2)25(23)17-21;/h3-7,12-15,17,29H,8-11,16H2,1-2H3;3-10,15-17H,11-14,18H2,1-2H3;2,4-5,8-9,12-17H,3,6-7,10-11,18H2,1H3;8-17H,3-7H2,1-2H3;1H4. The first kappa shape index (κ1) is 84.5. The van der Waals surface area contributed by atoms with Gasteiger partial charge in [0.05, 0.1) is 51.2 Å². The van der Waals surface area contributed by atoms with E-state index in [0.29, 0.717) is 42.2 Å². The topological polar surface area (TPSA) is 166 Å². The van der Waals surface area contributed by atoms with Crippen LogP contribution < -0.4 is 36.4 Å². The maximum atomic E-state index is 13.0. The molecule has 0 fully saturated rings. The molecular weight excluding hydrogens is 1550 g/mol. The largest absolute Gasteiger partial charge is 0.489 e. The zero-order valence-electron chi connectivity index (χ0n) is 71.3. The van der Waals surface area contributed by atoms with Crippen LogP contribution in [-0.2, 0) is 92.3 Å². The number of H-pyrrole nitrogens is 1. The van der Waals surface area contributed by atoms with E-state index < -0.39 is 5.82 Å². The summed E-state index contributed by atoms with van der Waals surface area (Å²) >= 11 is 0. The normalized spacial score (nSPS) is 14.0. The number of hydrogen-bond acceptors (Lipinski definition) is 10. The molecule has 0 radical (unpaired) electrons. The van der Waals surface area contributed by atoms with Crippen LogP contribution in [0.2, 0.25) is 0 Å². The Labute approximate surface area is 723 Å². The maximum Gasteiger partial charge on any atom is 0.258 e. The number of likely N-dealkylation sites (N-methyl/N-ethyl adjacent to an activating group) is 1. The number of hydrogen-bond donors (Lipinski definition) is 1. The van der Waals surface area contributed by atoms with E-state index >= 15 is 0 Å². The average Bonchev–Trinajstić information content (AvgIpc) is 1.61. The van der Waals surface area contributed by atoms with Crippen molar-refractivity contribution in [1.29, 1.82) is 0 Å². The molecule has 0 saturated carbocycles. The number of ether oxygens (including phenoxy) is 3. The van der Waals surface area contributed by atoms with E-state index in [1.165, 1.54) is 139 Å². The lowest BCUT2D eigenvalue weighted by Crippen LogP contribution is -2.33. The van der Waals surface area contributed by atoms with Crippen LogP contribution in [0.25, 0.3) is 77.5 Å². The van der Waals surface area contributed by atoms with Gasteiger partial charge in [-0.15, -0.1) is 0 Å². The van der Waals surface area contributed by atoms with Crippen molar-refractivity contribution in [1.82, 2.24) is 51.7 Å². The molecule has 0 amide bonds. The van der Waals surface area contributed by atoms with Gasteiger partial charge < -0.3 is 42.7 Å². The maximum absolute atomic E-state index is 13.0. The summed E-state index contributed by atoms with van der Waals surface area (Å²) in [7, 11) is 8.64. The fourth-order valence-electron chi connectivity index (χ4n) is 18.3. The summed E-state index contributed by atoms with van der Waals surface area (Å²) in [5.41, 5.74) is 25.3. The third-order valence-electron chi connectivity index (χ3n) is 25.2.